The predicted octanol–water partition coefficient (Wildman–Crippen LogP) is 2.14. The maximum absolute atomic E-state index is 12.3. The Kier molecular flexibility index (Phi) is 12.7. The second-order valence-corrected chi connectivity index (χ2v) is 4.67. The summed E-state index contributed by atoms with van der Waals surface area (Å²) in [5.41, 5.74) is 0. The molecule has 0 fully saturated rings. The molecule has 9 heteroatoms. The smallest absolute Gasteiger partial charge is 0.325 e. The minimum atomic E-state index is -1.64. The Morgan fingerprint density at radius 1 is 0.958 bits per heavy atom. The van der Waals surface area contributed by atoms with Gasteiger partial charge in [0.25, 0.3) is 5.97 Å². The summed E-state index contributed by atoms with van der Waals surface area (Å²) in [4.78, 5) is 24.4. The molecule has 0 radical (unpaired) electrons. The first-order valence-electron chi connectivity index (χ1n) is 7.49. The van der Waals surface area contributed by atoms with E-state index in [0.717, 1.165) is 0 Å². The topological polar surface area (TPSA) is 104 Å². The lowest BCUT2D eigenvalue weighted by molar-refractivity contribution is -0.374. The van der Waals surface area contributed by atoms with Gasteiger partial charge in [0.05, 0.1) is 6.61 Å². The van der Waals surface area contributed by atoms with Gasteiger partial charge in [-0.15, -0.1) is 12.4 Å². The summed E-state index contributed by atoms with van der Waals surface area (Å²) in [6.45, 7) is 5.37. The average molecular weight is 370 g/mol. The first-order chi connectivity index (χ1) is 10.9. The standard InChI is InChI=1S/C15H27NO7.ClH/c1-7-10(12(16)22-9-3)13(17)23-14(18)11(8-2)15(19-4,20-5)21-6;/h10-11,16H,7-9H2,1-6H3;1H. The van der Waals surface area contributed by atoms with Gasteiger partial charge < -0.3 is 23.7 Å². The predicted molar refractivity (Wildman–Crippen MR) is 89.0 cm³/mol. The Hall–Kier alpha value is -1.22. The fourth-order valence-corrected chi connectivity index (χ4v) is 2.19. The number of hydrogen-bond acceptors (Lipinski definition) is 8. The van der Waals surface area contributed by atoms with E-state index < -0.39 is 29.7 Å². The van der Waals surface area contributed by atoms with E-state index in [-0.39, 0.29) is 37.8 Å². The van der Waals surface area contributed by atoms with Crippen molar-refractivity contribution in [2.75, 3.05) is 27.9 Å². The van der Waals surface area contributed by atoms with Gasteiger partial charge in [0.15, 0.2) is 5.90 Å². The molecule has 0 aliphatic carbocycles. The number of methoxy groups -OCH3 is 3. The summed E-state index contributed by atoms with van der Waals surface area (Å²) in [6.07, 6.45) is 0.549. The van der Waals surface area contributed by atoms with E-state index in [1.165, 1.54) is 21.3 Å². The normalized spacial score (nSPS) is 13.4. The molecule has 0 aliphatic rings. The number of nitrogens with one attached hydrogen (secondary N) is 1. The Bertz CT molecular complexity index is 404. The molecule has 1 N–H and O–H groups in total. The van der Waals surface area contributed by atoms with Crippen molar-refractivity contribution >= 4 is 30.2 Å². The molecule has 0 saturated carbocycles. The molecule has 8 nitrogen and oxygen atoms in total. The molecular formula is C15H28ClNO7. The third-order valence-corrected chi connectivity index (χ3v) is 3.48. The molecule has 0 aromatic heterocycles. The van der Waals surface area contributed by atoms with E-state index in [0.29, 0.717) is 0 Å². The van der Waals surface area contributed by atoms with E-state index >= 15 is 0 Å². The van der Waals surface area contributed by atoms with Crippen LogP contribution in [-0.2, 0) is 33.3 Å². The second-order valence-electron chi connectivity index (χ2n) is 4.67. The molecule has 0 spiro atoms. The number of ether oxygens (including phenoxy) is 5. The second kappa shape index (κ2) is 12.2. The van der Waals surface area contributed by atoms with Crippen molar-refractivity contribution in [3.8, 4) is 0 Å². The Balaban J connectivity index is 0. The van der Waals surface area contributed by atoms with Crippen LogP contribution in [0.15, 0.2) is 0 Å². The molecule has 0 saturated heterocycles. The molecule has 2 unspecified atom stereocenters. The number of carbonyl (C=O) groups is 2. The van der Waals surface area contributed by atoms with Crippen molar-refractivity contribution in [1.82, 2.24) is 0 Å². The van der Waals surface area contributed by atoms with Gasteiger partial charge in [0.2, 0.25) is 0 Å². The quantitative estimate of drug-likeness (QED) is 0.207. The highest BCUT2D eigenvalue weighted by Crippen LogP contribution is 2.28. The summed E-state index contributed by atoms with van der Waals surface area (Å²) >= 11 is 0. The van der Waals surface area contributed by atoms with Crippen molar-refractivity contribution in [1.29, 1.82) is 5.41 Å². The third kappa shape index (κ3) is 6.01. The number of hydrogen-bond donors (Lipinski definition) is 1. The van der Waals surface area contributed by atoms with Crippen LogP contribution in [0, 0.1) is 17.2 Å². The SMILES string of the molecule is CCOC(=N)C(CC)C(=O)OC(=O)C(CC)C(OC)(OC)OC.Cl. The Morgan fingerprint density at radius 3 is 1.79 bits per heavy atom. The minimum absolute atomic E-state index is 0. The lowest BCUT2D eigenvalue weighted by atomic mass is 10.0. The summed E-state index contributed by atoms with van der Waals surface area (Å²) in [5, 5.41) is 7.70. The van der Waals surface area contributed by atoms with Crippen molar-refractivity contribution in [2.45, 2.75) is 39.6 Å². The molecule has 0 aromatic carbocycles. The van der Waals surface area contributed by atoms with Crippen LogP contribution in [0.3, 0.4) is 0 Å². The fourth-order valence-electron chi connectivity index (χ4n) is 2.19. The number of halogens is 1. The zero-order valence-electron chi connectivity index (χ0n) is 15.0. The van der Waals surface area contributed by atoms with Crippen molar-refractivity contribution in [2.24, 2.45) is 11.8 Å². The van der Waals surface area contributed by atoms with Gasteiger partial charge in [-0.25, -0.2) is 0 Å². The van der Waals surface area contributed by atoms with Crippen LogP contribution >= 0.6 is 12.4 Å². The van der Waals surface area contributed by atoms with Gasteiger partial charge in [-0.05, 0) is 19.8 Å². The van der Waals surface area contributed by atoms with E-state index in [9.17, 15) is 9.59 Å². The highest BCUT2D eigenvalue weighted by molar-refractivity contribution is 6.00. The molecule has 0 bridgehead atoms. The van der Waals surface area contributed by atoms with Crippen LogP contribution in [-0.4, -0.2) is 51.7 Å². The fraction of sp³-hybridized carbons (Fsp3) is 0.800. The van der Waals surface area contributed by atoms with Crippen molar-refractivity contribution in [3.63, 3.8) is 0 Å². The third-order valence-electron chi connectivity index (χ3n) is 3.48. The zero-order valence-corrected chi connectivity index (χ0v) is 15.9. The molecule has 0 amide bonds. The number of carbonyl (C=O) groups excluding carboxylic acids is 2. The van der Waals surface area contributed by atoms with Gasteiger partial charge in [-0.1, -0.05) is 13.8 Å². The molecule has 0 heterocycles. The highest BCUT2D eigenvalue weighted by Gasteiger charge is 2.46. The van der Waals surface area contributed by atoms with E-state index in [1.807, 2.05) is 0 Å². The maximum atomic E-state index is 12.3. The van der Waals surface area contributed by atoms with Gasteiger partial charge >= 0.3 is 11.9 Å². The van der Waals surface area contributed by atoms with Crippen LogP contribution in [0.1, 0.15) is 33.6 Å². The zero-order chi connectivity index (χ0) is 18.0. The van der Waals surface area contributed by atoms with Crippen LogP contribution in [0.2, 0.25) is 0 Å². The summed E-state index contributed by atoms with van der Waals surface area (Å²) in [6, 6.07) is 0. The largest absolute Gasteiger partial charge is 0.481 e. The Morgan fingerprint density at radius 2 is 1.46 bits per heavy atom. The van der Waals surface area contributed by atoms with Crippen molar-refractivity contribution in [3.05, 3.63) is 0 Å². The Labute approximate surface area is 149 Å². The number of rotatable bonds is 10. The summed E-state index contributed by atoms with van der Waals surface area (Å²) < 4.78 is 25.3. The van der Waals surface area contributed by atoms with Gasteiger partial charge in [0, 0.05) is 21.3 Å². The molecule has 142 valence electrons. The molecule has 0 rings (SSSR count). The average Bonchev–Trinajstić information content (AvgIpc) is 2.53. The maximum Gasteiger partial charge on any atom is 0.325 e. The van der Waals surface area contributed by atoms with Crippen molar-refractivity contribution < 1.29 is 33.3 Å². The first kappa shape index (κ1) is 25.0. The minimum Gasteiger partial charge on any atom is -0.481 e. The summed E-state index contributed by atoms with van der Waals surface area (Å²) in [7, 11) is 3.97. The van der Waals surface area contributed by atoms with Crippen LogP contribution in [0.4, 0.5) is 0 Å². The van der Waals surface area contributed by atoms with E-state index in [4.69, 9.17) is 29.1 Å². The molecule has 0 aromatic rings. The van der Waals surface area contributed by atoms with Gasteiger partial charge in [-0.2, -0.15) is 0 Å². The number of esters is 2. The van der Waals surface area contributed by atoms with E-state index in [2.05, 4.69) is 0 Å². The lowest BCUT2D eigenvalue weighted by Gasteiger charge is -2.34. The van der Waals surface area contributed by atoms with Crippen LogP contribution in [0.5, 0.6) is 0 Å². The molecular weight excluding hydrogens is 342 g/mol. The van der Waals surface area contributed by atoms with Gasteiger partial charge in [0.1, 0.15) is 11.8 Å². The lowest BCUT2D eigenvalue weighted by Crippen LogP contribution is -2.48. The monoisotopic (exact) mass is 369 g/mol. The van der Waals surface area contributed by atoms with Gasteiger partial charge in [-0.3, -0.25) is 15.0 Å². The first-order valence-corrected chi connectivity index (χ1v) is 7.49. The molecule has 24 heavy (non-hydrogen) atoms. The van der Waals surface area contributed by atoms with Crippen LogP contribution in [0.25, 0.3) is 0 Å². The van der Waals surface area contributed by atoms with E-state index in [1.54, 1.807) is 20.8 Å². The highest BCUT2D eigenvalue weighted by atomic mass is 35.5. The molecule has 2 atom stereocenters. The summed E-state index contributed by atoms with van der Waals surface area (Å²) in [5.74, 6) is -5.44. The van der Waals surface area contributed by atoms with Crippen LogP contribution < -0.4 is 0 Å². The molecule has 0 aliphatic heterocycles.